The summed E-state index contributed by atoms with van der Waals surface area (Å²) in [5, 5.41) is 4.18. The van der Waals surface area contributed by atoms with Crippen molar-refractivity contribution in [1.82, 2.24) is 5.16 Å². The number of Topliss-reactive ketones (excluding diaryl/α,β-unsaturated/α-hetero) is 1. The van der Waals surface area contributed by atoms with Crippen LogP contribution < -0.4 is 4.90 Å². The molecule has 1 aromatic carbocycles. The lowest BCUT2D eigenvalue weighted by Crippen LogP contribution is -2.34. The molecule has 3 rings (SSSR count). The third kappa shape index (κ3) is 3.33. The fourth-order valence-corrected chi connectivity index (χ4v) is 3.29. The maximum absolute atomic E-state index is 13.4. The first-order valence-electron chi connectivity index (χ1n) is 8.72. The zero-order valence-corrected chi connectivity index (χ0v) is 15.6. The molecule has 0 bridgehead atoms. The first-order chi connectivity index (χ1) is 12.5. The number of ether oxygens (including phenoxy) is 1. The van der Waals surface area contributed by atoms with E-state index >= 15 is 0 Å². The number of carbonyl (C=O) groups excluding carboxylic acids is 2. The normalized spacial score (nSPS) is 14.7. The quantitative estimate of drug-likeness (QED) is 0.659. The summed E-state index contributed by atoms with van der Waals surface area (Å²) in [5.41, 5.74) is 1.07. The molecule has 1 heterocycles. The number of ketones is 1. The zero-order chi connectivity index (χ0) is 18.7. The molecule has 0 atom stereocenters. The summed E-state index contributed by atoms with van der Waals surface area (Å²) < 4.78 is 10.1. The molecule has 1 aliphatic rings. The van der Waals surface area contributed by atoms with Gasteiger partial charge >= 0.3 is 6.09 Å². The highest BCUT2D eigenvalue weighted by Gasteiger charge is 2.53. The van der Waals surface area contributed by atoms with E-state index in [0.29, 0.717) is 22.8 Å². The fourth-order valence-electron chi connectivity index (χ4n) is 3.13. The number of halogens is 1. The summed E-state index contributed by atoms with van der Waals surface area (Å²) in [6.45, 7) is 4.39. The summed E-state index contributed by atoms with van der Waals surface area (Å²) in [6, 6.07) is 4.98. The van der Waals surface area contributed by atoms with Gasteiger partial charge in [0.15, 0.2) is 5.78 Å². The Bertz CT molecular complexity index is 800. The molecular formula is C19H21ClN2O4. The van der Waals surface area contributed by atoms with E-state index < -0.39 is 11.5 Å². The van der Waals surface area contributed by atoms with Crippen molar-refractivity contribution in [2.45, 2.75) is 38.5 Å². The van der Waals surface area contributed by atoms with Crippen LogP contribution in [-0.4, -0.2) is 30.2 Å². The van der Waals surface area contributed by atoms with Gasteiger partial charge in [-0.15, -0.1) is 0 Å². The average Bonchev–Trinajstić information content (AvgIpc) is 3.25. The Labute approximate surface area is 157 Å². The first-order valence-corrected chi connectivity index (χ1v) is 9.09. The number of aromatic nitrogens is 1. The van der Waals surface area contributed by atoms with Gasteiger partial charge in [0.1, 0.15) is 6.26 Å². The van der Waals surface area contributed by atoms with E-state index in [-0.39, 0.29) is 12.4 Å². The predicted octanol–water partition coefficient (Wildman–Crippen LogP) is 4.62. The van der Waals surface area contributed by atoms with Gasteiger partial charge in [0.05, 0.1) is 23.9 Å². The summed E-state index contributed by atoms with van der Waals surface area (Å²) in [5.74, 6) is -0.0576. The SMILES string of the molecule is CCCN(C(=O)OCC)c1cc(Cl)ccc1C(=O)C1(c2cnoc2)CC1. The maximum atomic E-state index is 13.4. The molecule has 0 unspecified atom stereocenters. The molecule has 0 spiro atoms. The third-order valence-electron chi connectivity index (χ3n) is 4.60. The molecule has 0 aliphatic heterocycles. The van der Waals surface area contributed by atoms with E-state index in [1.165, 1.54) is 11.2 Å². The maximum Gasteiger partial charge on any atom is 0.414 e. The van der Waals surface area contributed by atoms with Gasteiger partial charge in [-0.25, -0.2) is 4.79 Å². The predicted molar refractivity (Wildman–Crippen MR) is 97.9 cm³/mol. The summed E-state index contributed by atoms with van der Waals surface area (Å²) in [7, 11) is 0. The van der Waals surface area contributed by atoms with E-state index in [2.05, 4.69) is 5.16 Å². The van der Waals surface area contributed by atoms with Crippen molar-refractivity contribution < 1.29 is 18.8 Å². The second-order valence-corrected chi connectivity index (χ2v) is 6.77. The second-order valence-electron chi connectivity index (χ2n) is 6.34. The Kier molecular flexibility index (Phi) is 5.32. The molecule has 1 fully saturated rings. The summed E-state index contributed by atoms with van der Waals surface area (Å²) in [6.07, 6.45) is 4.77. The molecule has 26 heavy (non-hydrogen) atoms. The molecule has 7 heteroatoms. The van der Waals surface area contributed by atoms with Crippen LogP contribution in [0.3, 0.4) is 0 Å². The molecule has 1 amide bonds. The van der Waals surface area contributed by atoms with Crippen molar-refractivity contribution in [2.24, 2.45) is 0 Å². The second kappa shape index (κ2) is 7.50. The average molecular weight is 377 g/mol. The van der Waals surface area contributed by atoms with E-state index in [0.717, 1.165) is 24.8 Å². The van der Waals surface area contributed by atoms with Crippen LogP contribution >= 0.6 is 11.6 Å². The van der Waals surface area contributed by atoms with Crippen LogP contribution in [0, 0.1) is 0 Å². The van der Waals surface area contributed by atoms with Crippen LogP contribution in [0.5, 0.6) is 0 Å². The largest absolute Gasteiger partial charge is 0.449 e. The third-order valence-corrected chi connectivity index (χ3v) is 4.84. The molecule has 0 radical (unpaired) electrons. The van der Waals surface area contributed by atoms with E-state index in [1.807, 2.05) is 6.92 Å². The molecule has 0 N–H and O–H groups in total. The number of carbonyl (C=O) groups is 2. The van der Waals surface area contributed by atoms with Crippen LogP contribution in [0.25, 0.3) is 0 Å². The minimum Gasteiger partial charge on any atom is -0.449 e. The highest BCUT2D eigenvalue weighted by molar-refractivity contribution is 6.31. The van der Waals surface area contributed by atoms with E-state index in [1.54, 1.807) is 31.3 Å². The van der Waals surface area contributed by atoms with Crippen LogP contribution in [0.1, 0.15) is 49.0 Å². The number of hydrogen-bond donors (Lipinski definition) is 0. The molecule has 0 saturated heterocycles. The van der Waals surface area contributed by atoms with Crippen molar-refractivity contribution in [2.75, 3.05) is 18.1 Å². The van der Waals surface area contributed by atoms with Gasteiger partial charge in [-0.05, 0) is 44.4 Å². The Balaban J connectivity index is 2.03. The van der Waals surface area contributed by atoms with Crippen LogP contribution in [0.15, 0.2) is 35.2 Å². The van der Waals surface area contributed by atoms with E-state index in [9.17, 15) is 9.59 Å². The van der Waals surface area contributed by atoms with Crippen LogP contribution in [0.2, 0.25) is 5.02 Å². The first kappa shape index (κ1) is 18.5. The summed E-state index contributed by atoms with van der Waals surface area (Å²) >= 11 is 6.16. The monoisotopic (exact) mass is 376 g/mol. The number of amides is 1. The molecular weight excluding hydrogens is 356 g/mol. The van der Waals surface area contributed by atoms with Gasteiger partial charge in [0, 0.05) is 22.7 Å². The molecule has 6 nitrogen and oxygen atoms in total. The molecule has 2 aromatic rings. The van der Waals surface area contributed by atoms with Gasteiger partial charge in [0.2, 0.25) is 0 Å². The number of benzene rings is 1. The van der Waals surface area contributed by atoms with Gasteiger partial charge in [-0.2, -0.15) is 0 Å². The fraction of sp³-hybridized carbons (Fsp3) is 0.421. The smallest absolute Gasteiger partial charge is 0.414 e. The number of rotatable bonds is 7. The molecule has 1 saturated carbocycles. The van der Waals surface area contributed by atoms with Crippen molar-refractivity contribution >= 4 is 29.2 Å². The lowest BCUT2D eigenvalue weighted by atomic mass is 9.88. The highest BCUT2D eigenvalue weighted by atomic mass is 35.5. The molecule has 1 aliphatic carbocycles. The molecule has 1 aromatic heterocycles. The van der Waals surface area contributed by atoms with Crippen molar-refractivity contribution in [3.63, 3.8) is 0 Å². The van der Waals surface area contributed by atoms with Crippen molar-refractivity contribution in [3.05, 3.63) is 46.8 Å². The molecule has 138 valence electrons. The van der Waals surface area contributed by atoms with Gasteiger partial charge in [0.25, 0.3) is 0 Å². The summed E-state index contributed by atoms with van der Waals surface area (Å²) in [4.78, 5) is 27.3. The van der Waals surface area contributed by atoms with Gasteiger partial charge in [-0.1, -0.05) is 23.7 Å². The standard InChI is InChI=1S/C19H21ClN2O4/c1-3-9-22(18(24)25-4-2)16-10-14(20)5-6-15(16)17(23)19(7-8-19)13-11-21-26-12-13/h5-6,10-12H,3-4,7-9H2,1-2H3. The number of hydrogen-bond acceptors (Lipinski definition) is 5. The van der Waals surface area contributed by atoms with Gasteiger partial charge in [-0.3, -0.25) is 9.69 Å². The Morgan fingerprint density at radius 2 is 2.12 bits per heavy atom. The number of nitrogens with zero attached hydrogens (tertiary/aromatic N) is 2. The minimum absolute atomic E-state index is 0.0576. The Morgan fingerprint density at radius 3 is 2.69 bits per heavy atom. The number of anilines is 1. The van der Waals surface area contributed by atoms with Gasteiger partial charge < -0.3 is 9.26 Å². The lowest BCUT2D eigenvalue weighted by molar-refractivity contribution is 0.0946. The van der Waals surface area contributed by atoms with Crippen molar-refractivity contribution in [3.8, 4) is 0 Å². The zero-order valence-electron chi connectivity index (χ0n) is 14.8. The Hall–Kier alpha value is -2.34. The van der Waals surface area contributed by atoms with Crippen LogP contribution in [0.4, 0.5) is 10.5 Å². The van der Waals surface area contributed by atoms with Crippen molar-refractivity contribution in [1.29, 1.82) is 0 Å². The topological polar surface area (TPSA) is 72.6 Å². The lowest BCUT2D eigenvalue weighted by Gasteiger charge is -2.25. The van der Waals surface area contributed by atoms with Crippen LogP contribution in [-0.2, 0) is 10.2 Å². The highest BCUT2D eigenvalue weighted by Crippen LogP contribution is 2.51. The minimum atomic E-state index is -0.630. The Morgan fingerprint density at radius 1 is 1.35 bits per heavy atom. The van der Waals surface area contributed by atoms with E-state index in [4.69, 9.17) is 20.9 Å².